The smallest absolute Gasteiger partial charge is 0.334 e. The number of nitrogens with one attached hydrogen (secondary N) is 1. The second-order valence-electron chi connectivity index (χ2n) is 3.48. The fourth-order valence-corrected chi connectivity index (χ4v) is 2.01. The summed E-state index contributed by atoms with van der Waals surface area (Å²) in [6.45, 7) is 8.34. The zero-order valence-electron chi connectivity index (χ0n) is 10.6. The number of carbonyl (C=O) groups is 1. The van der Waals surface area contributed by atoms with E-state index in [0.29, 0.717) is 12.5 Å². The van der Waals surface area contributed by atoms with Crippen molar-refractivity contribution in [2.75, 3.05) is 13.3 Å². The van der Waals surface area contributed by atoms with Crippen molar-refractivity contribution >= 4 is 24.9 Å². The first kappa shape index (κ1) is 16.6. The molecule has 1 atom stereocenters. The lowest BCUT2D eigenvalue weighted by molar-refractivity contribution is -0.141. The third-order valence-electron chi connectivity index (χ3n) is 1.46. The van der Waals surface area contributed by atoms with Crippen LogP contribution in [-0.4, -0.2) is 25.3 Å². The van der Waals surface area contributed by atoms with Crippen LogP contribution in [0.15, 0.2) is 11.8 Å². The zero-order chi connectivity index (χ0) is 13.3. The van der Waals surface area contributed by atoms with Crippen molar-refractivity contribution in [1.29, 1.82) is 0 Å². The van der Waals surface area contributed by atoms with E-state index in [2.05, 4.69) is 5.32 Å². The van der Waals surface area contributed by atoms with E-state index >= 15 is 0 Å². The first-order valence-corrected chi connectivity index (χ1v) is 7.84. The third-order valence-corrected chi connectivity index (χ3v) is 2.93. The van der Waals surface area contributed by atoms with E-state index in [1.165, 1.54) is 6.08 Å². The first-order chi connectivity index (χ1) is 7.95. The molecule has 0 bridgehead atoms. The standard InChI is InChI=1S/C10H20NO4PS/c1-5-11-7-13-16(17)15-9(4)6-10(12)14-8(2)3/h6,8,11,16H,5,7H2,1-4H3. The molecular formula is C10H20NO4PS. The molecule has 0 fully saturated rings. The van der Waals surface area contributed by atoms with Crippen LogP contribution in [0.2, 0.25) is 0 Å². The van der Waals surface area contributed by atoms with Crippen LogP contribution in [0.1, 0.15) is 27.7 Å². The monoisotopic (exact) mass is 281 g/mol. The predicted molar refractivity (Wildman–Crippen MR) is 71.4 cm³/mol. The lowest BCUT2D eigenvalue weighted by Crippen LogP contribution is -2.14. The van der Waals surface area contributed by atoms with Crippen molar-refractivity contribution in [3.05, 3.63) is 11.8 Å². The number of esters is 1. The minimum absolute atomic E-state index is 0.148. The van der Waals surface area contributed by atoms with E-state index < -0.39 is 13.1 Å². The molecule has 1 unspecified atom stereocenters. The molecule has 5 nitrogen and oxygen atoms in total. The number of hydrogen-bond acceptors (Lipinski definition) is 6. The Balaban J connectivity index is 3.97. The summed E-state index contributed by atoms with van der Waals surface area (Å²) in [5.74, 6) is -0.0231. The van der Waals surface area contributed by atoms with Crippen LogP contribution in [0.25, 0.3) is 0 Å². The average Bonchev–Trinajstić information content (AvgIpc) is 2.15. The quantitative estimate of drug-likeness (QED) is 0.183. The Labute approximate surface area is 108 Å². The Kier molecular flexibility index (Phi) is 9.36. The minimum atomic E-state index is -1.79. The minimum Gasteiger partial charge on any atom is -0.460 e. The highest BCUT2D eigenvalue weighted by Crippen LogP contribution is 2.27. The number of hydrogen-bond donors (Lipinski definition) is 1. The van der Waals surface area contributed by atoms with Gasteiger partial charge in [-0.2, -0.15) is 0 Å². The number of ether oxygens (including phenoxy) is 1. The molecule has 17 heavy (non-hydrogen) atoms. The maximum absolute atomic E-state index is 11.3. The molecule has 0 heterocycles. The highest BCUT2D eigenvalue weighted by Gasteiger charge is 2.04. The molecule has 0 amide bonds. The van der Waals surface area contributed by atoms with Gasteiger partial charge in [0.1, 0.15) is 12.5 Å². The Morgan fingerprint density at radius 2 is 2.18 bits per heavy atom. The molecule has 100 valence electrons. The molecule has 0 saturated carbocycles. The Morgan fingerprint density at radius 3 is 2.71 bits per heavy atom. The maximum atomic E-state index is 11.3. The van der Waals surface area contributed by atoms with Gasteiger partial charge in [0, 0.05) is 0 Å². The summed E-state index contributed by atoms with van der Waals surface area (Å²) in [7, 11) is -1.79. The van der Waals surface area contributed by atoms with Gasteiger partial charge in [0.25, 0.3) is 0 Å². The van der Waals surface area contributed by atoms with Crippen molar-refractivity contribution in [3.63, 3.8) is 0 Å². The van der Waals surface area contributed by atoms with Gasteiger partial charge in [-0.25, -0.2) is 4.79 Å². The summed E-state index contributed by atoms with van der Waals surface area (Å²) in [5.41, 5.74) is 0. The van der Waals surface area contributed by atoms with Crippen molar-refractivity contribution in [3.8, 4) is 0 Å². The van der Waals surface area contributed by atoms with Gasteiger partial charge in [0.2, 0.25) is 7.15 Å². The highest BCUT2D eigenvalue weighted by molar-refractivity contribution is 8.00. The van der Waals surface area contributed by atoms with Crippen LogP contribution in [0.4, 0.5) is 0 Å². The molecular weight excluding hydrogens is 261 g/mol. The van der Waals surface area contributed by atoms with Gasteiger partial charge >= 0.3 is 5.97 Å². The number of rotatable bonds is 8. The molecule has 0 radical (unpaired) electrons. The molecule has 7 heteroatoms. The van der Waals surface area contributed by atoms with Crippen molar-refractivity contribution in [1.82, 2.24) is 5.32 Å². The van der Waals surface area contributed by atoms with E-state index in [-0.39, 0.29) is 6.10 Å². The van der Waals surface area contributed by atoms with Crippen molar-refractivity contribution < 1.29 is 18.6 Å². The van der Waals surface area contributed by atoms with Crippen LogP contribution in [0.3, 0.4) is 0 Å². The van der Waals surface area contributed by atoms with Crippen molar-refractivity contribution in [2.24, 2.45) is 0 Å². The average molecular weight is 281 g/mol. The van der Waals surface area contributed by atoms with Crippen LogP contribution >= 0.6 is 7.15 Å². The summed E-state index contributed by atoms with van der Waals surface area (Å²) in [6, 6.07) is 0. The van der Waals surface area contributed by atoms with Crippen LogP contribution in [-0.2, 0) is 30.4 Å². The van der Waals surface area contributed by atoms with Gasteiger partial charge in [0.15, 0.2) is 0 Å². The Hall–Kier alpha value is -0.420. The van der Waals surface area contributed by atoms with Gasteiger partial charge in [-0.1, -0.05) is 6.92 Å². The highest BCUT2D eigenvalue weighted by atomic mass is 32.4. The second-order valence-corrected chi connectivity index (χ2v) is 5.48. The van der Waals surface area contributed by atoms with E-state index in [4.69, 9.17) is 25.6 Å². The normalized spacial score (nSPS) is 13.6. The molecule has 0 aliphatic carbocycles. The predicted octanol–water partition coefficient (Wildman–Crippen LogP) is 1.95. The Bertz CT molecular complexity index is 294. The van der Waals surface area contributed by atoms with E-state index in [9.17, 15) is 4.79 Å². The van der Waals surface area contributed by atoms with Gasteiger partial charge in [0.05, 0.1) is 12.2 Å². The van der Waals surface area contributed by atoms with Crippen LogP contribution in [0, 0.1) is 0 Å². The summed E-state index contributed by atoms with van der Waals surface area (Å²) < 4.78 is 15.4. The molecule has 0 aliphatic rings. The molecule has 0 aliphatic heterocycles. The molecule has 0 saturated heterocycles. The molecule has 0 rings (SSSR count). The summed E-state index contributed by atoms with van der Waals surface area (Å²) >= 11 is 4.99. The molecule has 0 aromatic rings. The number of allylic oxidation sites excluding steroid dienone is 1. The van der Waals surface area contributed by atoms with E-state index in [1.54, 1.807) is 20.8 Å². The first-order valence-electron chi connectivity index (χ1n) is 5.40. The molecule has 0 aromatic heterocycles. The largest absolute Gasteiger partial charge is 0.460 e. The maximum Gasteiger partial charge on any atom is 0.334 e. The molecule has 1 N–H and O–H groups in total. The van der Waals surface area contributed by atoms with Crippen molar-refractivity contribution in [2.45, 2.75) is 33.8 Å². The third kappa shape index (κ3) is 10.5. The number of carbonyl (C=O) groups excluding carboxylic acids is 1. The molecule has 0 aromatic carbocycles. The lowest BCUT2D eigenvalue weighted by atomic mass is 10.4. The van der Waals surface area contributed by atoms with Gasteiger partial charge in [-0.05, 0) is 39.1 Å². The zero-order valence-corrected chi connectivity index (χ0v) is 12.4. The van der Waals surface area contributed by atoms with Crippen LogP contribution in [0.5, 0.6) is 0 Å². The topological polar surface area (TPSA) is 56.8 Å². The van der Waals surface area contributed by atoms with E-state index in [1.807, 2.05) is 6.92 Å². The fraction of sp³-hybridized carbons (Fsp3) is 0.700. The van der Waals surface area contributed by atoms with E-state index in [0.717, 1.165) is 6.54 Å². The molecule has 0 spiro atoms. The van der Waals surface area contributed by atoms with Gasteiger partial charge < -0.3 is 13.8 Å². The van der Waals surface area contributed by atoms with Crippen LogP contribution < -0.4 is 5.32 Å². The summed E-state index contributed by atoms with van der Waals surface area (Å²) in [4.78, 5) is 11.3. The van der Waals surface area contributed by atoms with Gasteiger partial charge in [-0.15, -0.1) is 0 Å². The second kappa shape index (κ2) is 9.59. The summed E-state index contributed by atoms with van der Waals surface area (Å²) in [5, 5.41) is 2.96. The van der Waals surface area contributed by atoms with Gasteiger partial charge in [-0.3, -0.25) is 5.32 Å². The lowest BCUT2D eigenvalue weighted by Gasteiger charge is -2.10. The summed E-state index contributed by atoms with van der Waals surface area (Å²) in [6.07, 6.45) is 1.12. The SMILES string of the molecule is CCNCO[PH](=S)OC(C)=CC(=O)OC(C)C. The fourth-order valence-electron chi connectivity index (χ4n) is 0.835. The Morgan fingerprint density at radius 1 is 1.53 bits per heavy atom.